The summed E-state index contributed by atoms with van der Waals surface area (Å²) < 4.78 is 46.4. The zero-order valence-corrected chi connectivity index (χ0v) is 19.5. The molecule has 1 aliphatic carbocycles. The van der Waals surface area contributed by atoms with E-state index in [0.29, 0.717) is 18.6 Å². The van der Waals surface area contributed by atoms with Gasteiger partial charge in [-0.15, -0.1) is 0 Å². The van der Waals surface area contributed by atoms with Crippen molar-refractivity contribution in [2.45, 2.75) is 49.5 Å². The summed E-state index contributed by atoms with van der Waals surface area (Å²) in [4.78, 5) is 0.00601. The second-order valence-corrected chi connectivity index (χ2v) is 10.8. The number of ether oxygens (including phenoxy) is 2. The Balaban J connectivity index is 1.40. The molecular weight excluding hydrogens is 436 g/mol. The molecule has 0 radical (unpaired) electrons. The first-order valence-corrected chi connectivity index (χ1v) is 12.8. The number of hydrogen-bond acceptors (Lipinski definition) is 4. The van der Waals surface area contributed by atoms with E-state index in [1.165, 1.54) is 6.07 Å². The van der Waals surface area contributed by atoms with Crippen molar-refractivity contribution in [3.05, 3.63) is 89.5 Å². The SMILES string of the molecule is Cc1ccc(S(=O)(=O)O)c(CC23CCC(c4ccccc4Oc4ccccc4)(CC2)OC3)c1. The summed E-state index contributed by atoms with van der Waals surface area (Å²) in [5.41, 5.74) is 2.18. The number of para-hydroxylation sites is 2. The van der Waals surface area contributed by atoms with Gasteiger partial charge in [0.15, 0.2) is 0 Å². The fourth-order valence-electron chi connectivity index (χ4n) is 5.39. The Hall–Kier alpha value is -2.67. The summed E-state index contributed by atoms with van der Waals surface area (Å²) in [6.45, 7) is 2.48. The van der Waals surface area contributed by atoms with E-state index in [0.717, 1.165) is 48.3 Å². The van der Waals surface area contributed by atoms with E-state index in [4.69, 9.17) is 9.47 Å². The van der Waals surface area contributed by atoms with Gasteiger partial charge in [-0.3, -0.25) is 4.55 Å². The van der Waals surface area contributed by atoms with Crippen molar-refractivity contribution in [3.63, 3.8) is 0 Å². The van der Waals surface area contributed by atoms with Crippen LogP contribution in [0.5, 0.6) is 11.5 Å². The highest BCUT2D eigenvalue weighted by molar-refractivity contribution is 7.85. The highest BCUT2D eigenvalue weighted by Crippen LogP contribution is 2.56. The number of benzene rings is 3. The van der Waals surface area contributed by atoms with Crippen LogP contribution in [-0.4, -0.2) is 19.6 Å². The predicted octanol–water partition coefficient (Wildman–Crippen LogP) is 6.06. The molecule has 6 heteroatoms. The van der Waals surface area contributed by atoms with Gasteiger partial charge in [-0.1, -0.05) is 54.1 Å². The Morgan fingerprint density at radius 1 is 0.939 bits per heavy atom. The molecule has 0 atom stereocenters. The van der Waals surface area contributed by atoms with Gasteiger partial charge in [-0.2, -0.15) is 8.42 Å². The van der Waals surface area contributed by atoms with Crippen LogP contribution in [0.2, 0.25) is 0 Å². The van der Waals surface area contributed by atoms with Gasteiger partial charge >= 0.3 is 0 Å². The molecule has 3 fully saturated rings. The lowest BCUT2D eigenvalue weighted by molar-refractivity contribution is -0.189. The van der Waals surface area contributed by atoms with Crippen LogP contribution in [0.1, 0.15) is 42.4 Å². The van der Waals surface area contributed by atoms with Crippen LogP contribution in [0.3, 0.4) is 0 Å². The first-order chi connectivity index (χ1) is 15.8. The van der Waals surface area contributed by atoms with Crippen molar-refractivity contribution in [1.82, 2.24) is 0 Å². The Kier molecular flexibility index (Phi) is 5.55. The Morgan fingerprint density at radius 3 is 2.30 bits per heavy atom. The normalized spacial score (nSPS) is 24.5. The van der Waals surface area contributed by atoms with Crippen LogP contribution in [0.4, 0.5) is 0 Å². The quantitative estimate of drug-likeness (QED) is 0.449. The fraction of sp³-hybridized carbons (Fsp3) is 0.333. The summed E-state index contributed by atoms with van der Waals surface area (Å²) in [7, 11) is -4.27. The van der Waals surface area contributed by atoms with E-state index in [1.807, 2.05) is 61.5 Å². The Labute approximate surface area is 195 Å². The summed E-state index contributed by atoms with van der Waals surface area (Å²) >= 11 is 0. The number of hydrogen-bond donors (Lipinski definition) is 1. The molecule has 2 bridgehead atoms. The van der Waals surface area contributed by atoms with Crippen molar-refractivity contribution >= 4 is 10.1 Å². The highest BCUT2D eigenvalue weighted by atomic mass is 32.2. The molecule has 172 valence electrons. The number of rotatable bonds is 6. The maximum absolute atomic E-state index is 11.9. The predicted molar refractivity (Wildman–Crippen MR) is 126 cm³/mol. The minimum absolute atomic E-state index is 0.00601. The molecule has 0 amide bonds. The molecule has 1 N–H and O–H groups in total. The molecule has 2 heterocycles. The van der Waals surface area contributed by atoms with Crippen LogP contribution in [0, 0.1) is 12.3 Å². The van der Waals surface area contributed by atoms with E-state index in [1.54, 1.807) is 6.07 Å². The van der Waals surface area contributed by atoms with E-state index in [-0.39, 0.29) is 10.3 Å². The minimum atomic E-state index is -4.27. The molecule has 6 rings (SSSR count). The molecule has 3 aliphatic rings. The van der Waals surface area contributed by atoms with Crippen LogP contribution in [0.25, 0.3) is 0 Å². The molecule has 5 nitrogen and oxygen atoms in total. The molecule has 33 heavy (non-hydrogen) atoms. The lowest BCUT2D eigenvalue weighted by Gasteiger charge is -2.53. The van der Waals surface area contributed by atoms with Crippen molar-refractivity contribution < 1.29 is 22.4 Å². The highest BCUT2D eigenvalue weighted by Gasteiger charge is 2.51. The summed E-state index contributed by atoms with van der Waals surface area (Å²) in [6, 6.07) is 22.9. The molecular formula is C27H28O5S. The third kappa shape index (κ3) is 4.31. The maximum atomic E-state index is 11.9. The van der Waals surface area contributed by atoms with Crippen molar-refractivity contribution in [1.29, 1.82) is 0 Å². The summed E-state index contributed by atoms with van der Waals surface area (Å²) in [6.07, 6.45) is 4.10. The Morgan fingerprint density at radius 2 is 1.64 bits per heavy atom. The van der Waals surface area contributed by atoms with E-state index in [2.05, 4.69) is 6.07 Å². The minimum Gasteiger partial charge on any atom is -0.457 e. The average Bonchev–Trinajstić information content (AvgIpc) is 2.80. The number of aryl methyl sites for hydroxylation is 1. The van der Waals surface area contributed by atoms with E-state index < -0.39 is 15.7 Å². The molecule has 2 aliphatic heterocycles. The van der Waals surface area contributed by atoms with Gasteiger partial charge in [0.2, 0.25) is 0 Å². The number of fused-ring (bicyclic) bond motifs is 3. The molecule has 3 aromatic rings. The molecule has 2 saturated heterocycles. The summed E-state index contributed by atoms with van der Waals surface area (Å²) in [5, 5.41) is 0. The molecule has 1 saturated carbocycles. The maximum Gasteiger partial charge on any atom is 0.294 e. The first kappa shape index (κ1) is 22.1. The largest absolute Gasteiger partial charge is 0.457 e. The van der Waals surface area contributed by atoms with Gasteiger partial charge in [0.1, 0.15) is 11.5 Å². The molecule has 0 unspecified atom stereocenters. The van der Waals surface area contributed by atoms with Gasteiger partial charge in [0, 0.05) is 5.56 Å². The van der Waals surface area contributed by atoms with E-state index in [9.17, 15) is 13.0 Å². The van der Waals surface area contributed by atoms with Gasteiger partial charge < -0.3 is 9.47 Å². The monoisotopic (exact) mass is 464 g/mol. The molecule has 0 aromatic heterocycles. The van der Waals surface area contributed by atoms with Gasteiger partial charge in [0.25, 0.3) is 10.1 Å². The van der Waals surface area contributed by atoms with Crippen molar-refractivity contribution in [2.24, 2.45) is 5.41 Å². The van der Waals surface area contributed by atoms with Gasteiger partial charge in [-0.25, -0.2) is 0 Å². The van der Waals surface area contributed by atoms with Crippen LogP contribution >= 0.6 is 0 Å². The zero-order valence-electron chi connectivity index (χ0n) is 18.7. The van der Waals surface area contributed by atoms with Gasteiger partial charge in [0.05, 0.1) is 17.1 Å². The second-order valence-electron chi connectivity index (χ2n) is 9.46. The van der Waals surface area contributed by atoms with Gasteiger partial charge in [-0.05, 0) is 74.3 Å². The lowest BCUT2D eigenvalue weighted by Crippen LogP contribution is -2.50. The van der Waals surface area contributed by atoms with Crippen molar-refractivity contribution in [2.75, 3.05) is 6.61 Å². The van der Waals surface area contributed by atoms with Crippen LogP contribution in [0.15, 0.2) is 77.7 Å². The van der Waals surface area contributed by atoms with Crippen LogP contribution < -0.4 is 4.74 Å². The third-order valence-electron chi connectivity index (χ3n) is 7.18. The zero-order chi connectivity index (χ0) is 23.1. The summed E-state index contributed by atoms with van der Waals surface area (Å²) in [5.74, 6) is 1.60. The average molecular weight is 465 g/mol. The van der Waals surface area contributed by atoms with Crippen LogP contribution in [-0.2, 0) is 26.9 Å². The van der Waals surface area contributed by atoms with Crippen molar-refractivity contribution in [3.8, 4) is 11.5 Å². The standard InChI is InChI=1S/C27H28O5S/c1-20-11-12-25(33(28,29)30)21(17-20)18-26-13-15-27(16-14-26,31-19-26)23-9-5-6-10-24(23)32-22-7-3-2-4-8-22/h2-12,17H,13-16,18-19H2,1H3,(H,28,29,30). The lowest BCUT2D eigenvalue weighted by atomic mass is 9.62. The Bertz CT molecular complexity index is 1240. The molecule has 3 aromatic carbocycles. The van der Waals surface area contributed by atoms with E-state index >= 15 is 0 Å². The second kappa shape index (κ2) is 8.28. The molecule has 0 spiro atoms. The topological polar surface area (TPSA) is 72.8 Å². The third-order valence-corrected chi connectivity index (χ3v) is 8.14. The smallest absolute Gasteiger partial charge is 0.294 e. The first-order valence-electron chi connectivity index (χ1n) is 11.3. The fourth-order valence-corrected chi connectivity index (χ4v) is 6.09.